The first-order valence-electron chi connectivity index (χ1n) is 5.60. The lowest BCUT2D eigenvalue weighted by atomic mass is 10.1. The first-order valence-corrected chi connectivity index (χ1v) is 6.41. The standard InChI is InChI=1S/C12H13N3OS/c1-8-14-15-12(17-8)13-7-10-6-9-4-2-3-5-11(9)16-10/h2-5,10H,6-7H2,1H3,(H,13,15). The first kappa shape index (κ1) is 10.5. The van der Waals surface area contributed by atoms with Gasteiger partial charge >= 0.3 is 0 Å². The van der Waals surface area contributed by atoms with Gasteiger partial charge in [0.05, 0.1) is 6.54 Å². The van der Waals surface area contributed by atoms with E-state index in [2.05, 4.69) is 21.6 Å². The van der Waals surface area contributed by atoms with Crippen LogP contribution in [0.15, 0.2) is 24.3 Å². The topological polar surface area (TPSA) is 47.0 Å². The fourth-order valence-electron chi connectivity index (χ4n) is 1.94. The molecule has 1 aliphatic heterocycles. The molecule has 0 saturated carbocycles. The molecule has 2 aromatic rings. The van der Waals surface area contributed by atoms with Gasteiger partial charge in [0.1, 0.15) is 16.9 Å². The minimum Gasteiger partial charge on any atom is -0.488 e. The molecule has 0 amide bonds. The SMILES string of the molecule is Cc1nnc(NCC2Cc3ccccc3O2)s1. The summed E-state index contributed by atoms with van der Waals surface area (Å²) in [4.78, 5) is 0. The maximum absolute atomic E-state index is 5.83. The van der Waals surface area contributed by atoms with Crippen molar-refractivity contribution in [3.8, 4) is 5.75 Å². The Labute approximate surface area is 104 Å². The van der Waals surface area contributed by atoms with E-state index >= 15 is 0 Å². The van der Waals surface area contributed by atoms with Crippen LogP contribution in [0.3, 0.4) is 0 Å². The van der Waals surface area contributed by atoms with Crippen LogP contribution in [0, 0.1) is 6.92 Å². The van der Waals surface area contributed by atoms with Crippen molar-refractivity contribution >= 4 is 16.5 Å². The number of rotatable bonds is 3. The van der Waals surface area contributed by atoms with Gasteiger partial charge in [0, 0.05) is 6.42 Å². The van der Waals surface area contributed by atoms with Gasteiger partial charge in [-0.05, 0) is 18.6 Å². The van der Waals surface area contributed by atoms with Crippen molar-refractivity contribution in [1.82, 2.24) is 10.2 Å². The summed E-state index contributed by atoms with van der Waals surface area (Å²) in [6.07, 6.45) is 1.15. The number of nitrogens with zero attached hydrogens (tertiary/aromatic N) is 2. The van der Waals surface area contributed by atoms with Crippen LogP contribution < -0.4 is 10.1 Å². The van der Waals surface area contributed by atoms with Crippen LogP contribution in [0.25, 0.3) is 0 Å². The molecule has 0 spiro atoms. The van der Waals surface area contributed by atoms with Crippen molar-refractivity contribution in [2.45, 2.75) is 19.4 Å². The molecule has 4 nitrogen and oxygen atoms in total. The minimum absolute atomic E-state index is 0.191. The Hall–Kier alpha value is -1.62. The summed E-state index contributed by atoms with van der Waals surface area (Å²) < 4.78 is 5.83. The lowest BCUT2D eigenvalue weighted by molar-refractivity contribution is 0.246. The summed E-state index contributed by atoms with van der Waals surface area (Å²) in [6.45, 7) is 2.72. The second-order valence-electron chi connectivity index (χ2n) is 4.06. The smallest absolute Gasteiger partial charge is 0.205 e. The summed E-state index contributed by atoms with van der Waals surface area (Å²) in [6, 6.07) is 8.18. The van der Waals surface area contributed by atoms with Gasteiger partial charge in [-0.3, -0.25) is 0 Å². The molecule has 1 aromatic carbocycles. The molecule has 0 bridgehead atoms. The maximum Gasteiger partial charge on any atom is 0.205 e. The van der Waals surface area contributed by atoms with E-state index in [-0.39, 0.29) is 6.10 Å². The lowest BCUT2D eigenvalue weighted by Crippen LogP contribution is -2.23. The molecule has 2 heterocycles. The number of anilines is 1. The van der Waals surface area contributed by atoms with Crippen LogP contribution >= 0.6 is 11.3 Å². The predicted molar refractivity (Wildman–Crippen MR) is 67.7 cm³/mol. The summed E-state index contributed by atoms with van der Waals surface area (Å²) in [5, 5.41) is 13.1. The van der Waals surface area contributed by atoms with Crippen molar-refractivity contribution in [2.24, 2.45) is 0 Å². The van der Waals surface area contributed by atoms with E-state index in [0.29, 0.717) is 0 Å². The molecule has 0 aliphatic carbocycles. The molecule has 88 valence electrons. The Balaban J connectivity index is 1.59. The van der Waals surface area contributed by atoms with E-state index in [4.69, 9.17) is 4.74 Å². The Bertz CT molecular complexity index is 501. The van der Waals surface area contributed by atoms with Gasteiger partial charge in [-0.25, -0.2) is 0 Å². The molecule has 1 N–H and O–H groups in total. The van der Waals surface area contributed by atoms with Crippen LogP contribution in [-0.2, 0) is 6.42 Å². The molecule has 1 atom stereocenters. The number of para-hydroxylation sites is 1. The molecule has 5 heteroatoms. The Morgan fingerprint density at radius 1 is 1.41 bits per heavy atom. The average molecular weight is 247 g/mol. The summed E-state index contributed by atoms with van der Waals surface area (Å²) in [7, 11) is 0. The number of aryl methyl sites for hydroxylation is 1. The van der Waals surface area contributed by atoms with Gasteiger partial charge in [0.25, 0.3) is 0 Å². The monoisotopic (exact) mass is 247 g/mol. The quantitative estimate of drug-likeness (QED) is 0.903. The summed E-state index contributed by atoms with van der Waals surface area (Å²) >= 11 is 1.57. The number of hydrogen-bond donors (Lipinski definition) is 1. The molecule has 0 radical (unpaired) electrons. The highest BCUT2D eigenvalue weighted by atomic mass is 32.1. The number of fused-ring (bicyclic) bond motifs is 1. The zero-order valence-corrected chi connectivity index (χ0v) is 10.3. The van der Waals surface area contributed by atoms with Gasteiger partial charge < -0.3 is 10.1 Å². The van der Waals surface area contributed by atoms with Gasteiger partial charge in [-0.2, -0.15) is 0 Å². The average Bonchev–Trinajstić information content (AvgIpc) is 2.91. The van der Waals surface area contributed by atoms with E-state index < -0.39 is 0 Å². The van der Waals surface area contributed by atoms with Gasteiger partial charge in [-0.1, -0.05) is 29.5 Å². The first-order chi connectivity index (χ1) is 8.31. The zero-order chi connectivity index (χ0) is 11.7. The van der Waals surface area contributed by atoms with Crippen molar-refractivity contribution < 1.29 is 4.74 Å². The number of benzene rings is 1. The molecule has 1 aliphatic rings. The highest BCUT2D eigenvalue weighted by Gasteiger charge is 2.22. The largest absolute Gasteiger partial charge is 0.488 e. The molecule has 0 saturated heterocycles. The molecule has 1 aromatic heterocycles. The van der Waals surface area contributed by atoms with Crippen molar-refractivity contribution in [3.05, 3.63) is 34.8 Å². The highest BCUT2D eigenvalue weighted by Crippen LogP contribution is 2.28. The van der Waals surface area contributed by atoms with Crippen LogP contribution in [-0.4, -0.2) is 22.8 Å². The third-order valence-corrected chi connectivity index (χ3v) is 3.52. The highest BCUT2D eigenvalue weighted by molar-refractivity contribution is 7.15. The maximum atomic E-state index is 5.83. The van der Waals surface area contributed by atoms with Crippen LogP contribution in [0.2, 0.25) is 0 Å². The normalized spacial score (nSPS) is 17.6. The van der Waals surface area contributed by atoms with Crippen molar-refractivity contribution in [1.29, 1.82) is 0 Å². The van der Waals surface area contributed by atoms with Crippen LogP contribution in [0.5, 0.6) is 5.75 Å². The van der Waals surface area contributed by atoms with E-state index in [1.54, 1.807) is 11.3 Å². The molecule has 17 heavy (non-hydrogen) atoms. The number of aromatic nitrogens is 2. The second-order valence-corrected chi connectivity index (χ2v) is 5.24. The Morgan fingerprint density at radius 3 is 3.06 bits per heavy atom. The van der Waals surface area contributed by atoms with E-state index in [9.17, 15) is 0 Å². The van der Waals surface area contributed by atoms with Gasteiger partial charge in [0.2, 0.25) is 5.13 Å². The van der Waals surface area contributed by atoms with Crippen LogP contribution in [0.4, 0.5) is 5.13 Å². The predicted octanol–water partition coefficient (Wildman–Crippen LogP) is 2.26. The van der Waals surface area contributed by atoms with Crippen molar-refractivity contribution in [3.63, 3.8) is 0 Å². The molecule has 0 fully saturated rings. The third kappa shape index (κ3) is 2.24. The Morgan fingerprint density at radius 2 is 2.29 bits per heavy atom. The van der Waals surface area contributed by atoms with E-state index in [1.165, 1.54) is 5.56 Å². The van der Waals surface area contributed by atoms with Gasteiger partial charge in [0.15, 0.2) is 0 Å². The van der Waals surface area contributed by atoms with Crippen LogP contribution in [0.1, 0.15) is 10.6 Å². The number of hydrogen-bond acceptors (Lipinski definition) is 5. The Kier molecular flexibility index (Phi) is 2.68. The molecular formula is C12H13N3OS. The lowest BCUT2D eigenvalue weighted by Gasteiger charge is -2.10. The van der Waals surface area contributed by atoms with Gasteiger partial charge in [-0.15, -0.1) is 10.2 Å². The third-order valence-electron chi connectivity index (χ3n) is 2.72. The fraction of sp³-hybridized carbons (Fsp3) is 0.333. The minimum atomic E-state index is 0.191. The zero-order valence-electron chi connectivity index (χ0n) is 9.51. The van der Waals surface area contributed by atoms with E-state index in [1.807, 2.05) is 25.1 Å². The second kappa shape index (κ2) is 4.33. The number of nitrogens with one attached hydrogen (secondary N) is 1. The summed E-state index contributed by atoms with van der Waals surface area (Å²) in [5.74, 6) is 1.01. The molecule has 3 rings (SSSR count). The molecular weight excluding hydrogens is 234 g/mol. The van der Waals surface area contributed by atoms with Crippen molar-refractivity contribution in [2.75, 3.05) is 11.9 Å². The fourth-order valence-corrected chi connectivity index (χ4v) is 2.54. The summed E-state index contributed by atoms with van der Waals surface area (Å²) in [5.41, 5.74) is 1.28. The number of ether oxygens (including phenoxy) is 1. The van der Waals surface area contributed by atoms with E-state index in [0.717, 1.165) is 28.9 Å². The molecule has 1 unspecified atom stereocenters.